The normalized spacial score (nSPS) is 18.9. The minimum Gasteiger partial charge on any atom is -0.475 e. The van der Waals surface area contributed by atoms with E-state index in [4.69, 9.17) is 14.6 Å². The number of aliphatic hydroxyl groups excluding tert-OH is 1. The van der Waals surface area contributed by atoms with Gasteiger partial charge in [-0.1, -0.05) is 0 Å². The van der Waals surface area contributed by atoms with E-state index in [9.17, 15) is 26.7 Å². The summed E-state index contributed by atoms with van der Waals surface area (Å²) in [6.45, 7) is 0.575. The first kappa shape index (κ1) is 25.9. The number of pyridine rings is 1. The fourth-order valence-electron chi connectivity index (χ4n) is 4.01. The number of ether oxygens (including phenoxy) is 2. The van der Waals surface area contributed by atoms with Gasteiger partial charge < -0.3 is 29.7 Å². The highest BCUT2D eigenvalue weighted by molar-refractivity contribution is 5.91. The Bertz CT molecular complexity index is 1110. The van der Waals surface area contributed by atoms with Gasteiger partial charge in [0, 0.05) is 19.2 Å². The number of anilines is 2. The minimum absolute atomic E-state index is 0.00614. The largest absolute Gasteiger partial charge is 0.475 e. The molecule has 2 fully saturated rings. The van der Waals surface area contributed by atoms with E-state index in [0.29, 0.717) is 48.8 Å². The van der Waals surface area contributed by atoms with Gasteiger partial charge in [0.15, 0.2) is 0 Å². The number of morpholine rings is 1. The molecule has 1 aromatic carbocycles. The number of hydrogen-bond acceptors (Lipinski definition) is 6. The summed E-state index contributed by atoms with van der Waals surface area (Å²) in [6, 6.07) is 4.48. The maximum atomic E-state index is 14.7. The highest BCUT2D eigenvalue weighted by atomic mass is 19.3. The number of carbonyl (C=O) groups excluding carboxylic acids is 1. The molecule has 0 aliphatic carbocycles. The predicted octanol–water partition coefficient (Wildman–Crippen LogP) is 3.52. The summed E-state index contributed by atoms with van der Waals surface area (Å²) < 4.78 is 79.6. The van der Waals surface area contributed by atoms with Crippen LogP contribution in [0.1, 0.15) is 5.56 Å². The number of nitrogens with zero attached hydrogens (tertiary/aromatic N) is 3. The number of hydrogen-bond donors (Lipinski definition) is 2. The van der Waals surface area contributed by atoms with Crippen molar-refractivity contribution in [1.82, 2.24) is 9.88 Å². The second-order valence-electron chi connectivity index (χ2n) is 8.57. The first-order valence-corrected chi connectivity index (χ1v) is 11.2. The monoisotopic (exact) mass is 516 g/mol. The van der Waals surface area contributed by atoms with Gasteiger partial charge in [-0.25, -0.2) is 9.18 Å². The first-order chi connectivity index (χ1) is 17.0. The third-order valence-corrected chi connectivity index (χ3v) is 5.93. The summed E-state index contributed by atoms with van der Waals surface area (Å²) >= 11 is 0. The van der Waals surface area contributed by atoms with Crippen molar-refractivity contribution in [2.45, 2.75) is 18.8 Å². The number of nitrogens with one attached hydrogen (secondary N) is 1. The molecule has 36 heavy (non-hydrogen) atoms. The lowest BCUT2D eigenvalue weighted by atomic mass is 10.00. The lowest BCUT2D eigenvalue weighted by molar-refractivity contribution is -0.172. The van der Waals surface area contributed by atoms with Crippen molar-refractivity contribution >= 4 is 17.5 Å². The van der Waals surface area contributed by atoms with Crippen LogP contribution in [0.25, 0.3) is 11.1 Å². The van der Waals surface area contributed by atoms with Crippen LogP contribution < -0.4 is 15.0 Å². The molecule has 0 atom stereocenters. The Labute approximate surface area is 203 Å². The van der Waals surface area contributed by atoms with Crippen LogP contribution in [0.2, 0.25) is 0 Å². The highest BCUT2D eigenvalue weighted by Gasteiger charge is 2.64. The third kappa shape index (κ3) is 5.31. The number of aliphatic hydroxyl groups is 1. The quantitative estimate of drug-likeness (QED) is 0.572. The topological polar surface area (TPSA) is 87.2 Å². The van der Waals surface area contributed by atoms with E-state index in [1.807, 2.05) is 4.90 Å². The van der Waals surface area contributed by atoms with E-state index < -0.39 is 36.8 Å². The summed E-state index contributed by atoms with van der Waals surface area (Å²) in [6.07, 6.45) is 0. The van der Waals surface area contributed by atoms with Crippen LogP contribution in [-0.4, -0.2) is 85.5 Å². The maximum Gasteiger partial charge on any atom is 0.329 e. The van der Waals surface area contributed by atoms with Crippen LogP contribution in [-0.2, 0) is 4.74 Å². The van der Waals surface area contributed by atoms with Crippen molar-refractivity contribution in [3.05, 3.63) is 35.6 Å². The first-order valence-electron chi connectivity index (χ1n) is 11.2. The number of urea groups is 1. The van der Waals surface area contributed by atoms with Crippen LogP contribution in [0, 0.1) is 12.7 Å². The van der Waals surface area contributed by atoms with Crippen LogP contribution in [0.4, 0.5) is 38.3 Å². The molecule has 0 unspecified atom stereocenters. The molecule has 196 valence electrons. The van der Waals surface area contributed by atoms with Gasteiger partial charge in [0.25, 0.3) is 0 Å². The second kappa shape index (κ2) is 10.1. The van der Waals surface area contributed by atoms with E-state index in [-0.39, 0.29) is 29.7 Å². The molecule has 2 saturated heterocycles. The van der Waals surface area contributed by atoms with Gasteiger partial charge in [0.2, 0.25) is 5.88 Å². The Morgan fingerprint density at radius 2 is 1.81 bits per heavy atom. The van der Waals surface area contributed by atoms with Gasteiger partial charge in [-0.15, -0.1) is 0 Å². The Morgan fingerprint density at radius 1 is 1.14 bits per heavy atom. The molecule has 2 aliphatic heterocycles. The zero-order valence-corrected chi connectivity index (χ0v) is 19.4. The molecule has 2 aliphatic rings. The zero-order valence-electron chi connectivity index (χ0n) is 19.4. The lowest BCUT2D eigenvalue weighted by Crippen LogP contribution is -2.38. The molecule has 0 bridgehead atoms. The summed E-state index contributed by atoms with van der Waals surface area (Å²) in [4.78, 5) is 19.1. The number of aryl methyl sites for hydroxylation is 1. The van der Waals surface area contributed by atoms with Crippen molar-refractivity contribution < 1.29 is 41.3 Å². The van der Waals surface area contributed by atoms with E-state index in [1.165, 1.54) is 6.07 Å². The summed E-state index contributed by atoms with van der Waals surface area (Å²) in [7, 11) is 0. The smallest absolute Gasteiger partial charge is 0.329 e. The van der Waals surface area contributed by atoms with Gasteiger partial charge in [-0.3, -0.25) is 0 Å². The number of carbonyl (C=O) groups is 1. The Kier molecular flexibility index (Phi) is 7.23. The van der Waals surface area contributed by atoms with Gasteiger partial charge in [-0.2, -0.15) is 22.5 Å². The average Bonchev–Trinajstić information content (AvgIpc) is 3.06. The van der Waals surface area contributed by atoms with Crippen molar-refractivity contribution in [2.75, 3.05) is 62.8 Å². The highest BCUT2D eigenvalue weighted by Crippen LogP contribution is 2.41. The number of amides is 2. The van der Waals surface area contributed by atoms with E-state index in [1.54, 1.807) is 19.1 Å². The van der Waals surface area contributed by atoms with Crippen molar-refractivity contribution in [1.29, 1.82) is 0 Å². The number of alkyl halides is 4. The summed E-state index contributed by atoms with van der Waals surface area (Å²) in [5, 5.41) is 11.3. The van der Waals surface area contributed by atoms with Gasteiger partial charge in [0.05, 0.1) is 38.6 Å². The molecule has 8 nitrogen and oxygen atoms in total. The van der Waals surface area contributed by atoms with Gasteiger partial charge >= 0.3 is 17.9 Å². The molecule has 2 amide bonds. The zero-order chi connectivity index (χ0) is 26.1. The average molecular weight is 516 g/mol. The summed E-state index contributed by atoms with van der Waals surface area (Å²) in [5.74, 6) is -8.85. The molecule has 2 aromatic rings. The molecule has 2 N–H and O–H groups in total. The molecule has 4 rings (SSSR count). The van der Waals surface area contributed by atoms with Crippen molar-refractivity contribution in [3.8, 4) is 17.0 Å². The number of benzene rings is 1. The fraction of sp³-hybridized carbons (Fsp3) is 0.478. The minimum atomic E-state index is -4.38. The number of halogens is 5. The SMILES string of the molecule is Cc1cc(F)c(NC(=O)N2CC(F)(F)C(F)(F)C2)cc1-c1cc(OCCO)nc(N2CCOCC2)c1. The molecular formula is C23H25F5N4O4. The Morgan fingerprint density at radius 3 is 2.44 bits per heavy atom. The Hall–Kier alpha value is -3.19. The number of rotatable bonds is 6. The molecule has 0 saturated carbocycles. The number of likely N-dealkylation sites (tertiary alicyclic amines) is 1. The van der Waals surface area contributed by atoms with Crippen molar-refractivity contribution in [2.24, 2.45) is 0 Å². The van der Waals surface area contributed by atoms with E-state index in [2.05, 4.69) is 10.3 Å². The van der Waals surface area contributed by atoms with E-state index in [0.717, 1.165) is 6.07 Å². The van der Waals surface area contributed by atoms with Crippen molar-refractivity contribution in [3.63, 3.8) is 0 Å². The summed E-state index contributed by atoms with van der Waals surface area (Å²) in [5.41, 5.74) is 1.14. The fourth-order valence-corrected chi connectivity index (χ4v) is 4.01. The molecule has 0 spiro atoms. The maximum absolute atomic E-state index is 14.7. The van der Waals surface area contributed by atoms with Gasteiger partial charge in [-0.05, 0) is 41.8 Å². The number of aromatic nitrogens is 1. The molecule has 13 heteroatoms. The molecule has 0 radical (unpaired) electrons. The Balaban J connectivity index is 1.65. The van der Waals surface area contributed by atoms with Crippen LogP contribution in [0.15, 0.2) is 24.3 Å². The third-order valence-electron chi connectivity index (χ3n) is 5.93. The standard InChI is InChI=1S/C23H25F5N4O4/c1-14-8-17(24)18(29-21(34)32-12-22(25,26)23(27,28)13-32)11-16(14)15-9-19(31-2-5-35-6-3-31)30-20(10-15)36-7-4-33/h8-11,33H,2-7,12-13H2,1H3,(H,29,34). The van der Waals surface area contributed by atoms with Gasteiger partial charge in [0.1, 0.15) is 18.2 Å². The van der Waals surface area contributed by atoms with E-state index >= 15 is 0 Å². The van der Waals surface area contributed by atoms with Crippen LogP contribution in [0.3, 0.4) is 0 Å². The molecule has 3 heterocycles. The lowest BCUT2D eigenvalue weighted by Gasteiger charge is -2.28. The predicted molar refractivity (Wildman–Crippen MR) is 120 cm³/mol. The van der Waals surface area contributed by atoms with Crippen LogP contribution >= 0.6 is 0 Å². The molecular weight excluding hydrogens is 491 g/mol. The second-order valence-corrected chi connectivity index (χ2v) is 8.57. The molecule has 1 aromatic heterocycles. The van der Waals surface area contributed by atoms with Crippen LogP contribution in [0.5, 0.6) is 5.88 Å².